The molecule has 3 rings (SSSR count). The molecule has 6 nitrogen and oxygen atoms in total. The van der Waals surface area contributed by atoms with E-state index in [4.69, 9.17) is 9.15 Å². The van der Waals surface area contributed by atoms with Gasteiger partial charge in [0, 0.05) is 19.8 Å². The first-order chi connectivity index (χ1) is 12.8. The Morgan fingerprint density at radius 3 is 2.52 bits per heavy atom. The van der Waals surface area contributed by atoms with Gasteiger partial charge in [-0.3, -0.25) is 9.98 Å². The second-order valence-corrected chi connectivity index (χ2v) is 5.61. The van der Waals surface area contributed by atoms with Crippen molar-refractivity contribution in [2.45, 2.75) is 19.7 Å². The summed E-state index contributed by atoms with van der Waals surface area (Å²) in [5.41, 5.74) is 2.04. The molecule has 0 aliphatic carbocycles. The fourth-order valence-corrected chi connectivity index (χ4v) is 2.33. The summed E-state index contributed by atoms with van der Waals surface area (Å²) in [5.74, 6) is 2.40. The third-order valence-electron chi connectivity index (χ3n) is 3.73. The van der Waals surface area contributed by atoms with E-state index in [0.29, 0.717) is 19.7 Å². The number of ether oxygens (including phenoxy) is 1. The molecule has 0 atom stereocenters. The van der Waals surface area contributed by atoms with Crippen LogP contribution < -0.4 is 15.4 Å². The predicted molar refractivity (Wildman–Crippen MR) is 116 cm³/mol. The van der Waals surface area contributed by atoms with Crippen LogP contribution in [0.5, 0.6) is 5.75 Å². The van der Waals surface area contributed by atoms with Crippen LogP contribution in [0.2, 0.25) is 0 Å². The molecule has 0 aliphatic rings. The Labute approximate surface area is 176 Å². The summed E-state index contributed by atoms with van der Waals surface area (Å²) < 4.78 is 11.0. The Kier molecular flexibility index (Phi) is 8.63. The molecule has 2 aromatic heterocycles. The first-order valence-electron chi connectivity index (χ1n) is 8.42. The number of aliphatic imine (C=N–C) groups is 1. The molecule has 0 aliphatic heterocycles. The summed E-state index contributed by atoms with van der Waals surface area (Å²) in [4.78, 5) is 8.45. The van der Waals surface area contributed by atoms with Crippen LogP contribution >= 0.6 is 24.0 Å². The summed E-state index contributed by atoms with van der Waals surface area (Å²) in [5, 5.41) is 6.48. The topological polar surface area (TPSA) is 71.7 Å². The number of hydrogen-bond donors (Lipinski definition) is 2. The highest BCUT2D eigenvalue weighted by molar-refractivity contribution is 14.0. The molecule has 0 unspecified atom stereocenters. The van der Waals surface area contributed by atoms with Crippen molar-refractivity contribution >= 4 is 29.9 Å². The van der Waals surface area contributed by atoms with Gasteiger partial charge < -0.3 is 19.8 Å². The molecule has 2 N–H and O–H groups in total. The van der Waals surface area contributed by atoms with Gasteiger partial charge in [0.05, 0.1) is 18.5 Å². The van der Waals surface area contributed by atoms with Crippen molar-refractivity contribution in [3.63, 3.8) is 0 Å². The average Bonchev–Trinajstić information content (AvgIpc) is 3.22. The van der Waals surface area contributed by atoms with E-state index in [1.807, 2.05) is 54.6 Å². The van der Waals surface area contributed by atoms with Gasteiger partial charge in [0.25, 0.3) is 0 Å². The fraction of sp³-hybridized carbons (Fsp3) is 0.200. The van der Waals surface area contributed by atoms with Crippen molar-refractivity contribution in [2.75, 3.05) is 7.05 Å². The molecule has 1 aromatic carbocycles. The van der Waals surface area contributed by atoms with Crippen molar-refractivity contribution in [3.8, 4) is 5.75 Å². The number of halogens is 1. The molecule has 27 heavy (non-hydrogen) atoms. The maximum Gasteiger partial charge on any atom is 0.191 e. The highest BCUT2D eigenvalue weighted by atomic mass is 127. The molecule has 7 heteroatoms. The van der Waals surface area contributed by atoms with Gasteiger partial charge in [-0.15, -0.1) is 24.0 Å². The van der Waals surface area contributed by atoms with E-state index in [1.165, 1.54) is 0 Å². The van der Waals surface area contributed by atoms with Crippen LogP contribution in [0.3, 0.4) is 0 Å². The quantitative estimate of drug-likeness (QED) is 0.308. The number of benzene rings is 1. The molecule has 0 spiro atoms. The molecular formula is C20H23IN4O2. The number of furan rings is 1. The minimum Gasteiger partial charge on any atom is -0.487 e. The lowest BCUT2D eigenvalue weighted by atomic mass is 10.2. The van der Waals surface area contributed by atoms with E-state index in [1.54, 1.807) is 19.5 Å². The van der Waals surface area contributed by atoms with E-state index >= 15 is 0 Å². The van der Waals surface area contributed by atoms with Gasteiger partial charge in [-0.05, 0) is 42.0 Å². The molecule has 2 heterocycles. The van der Waals surface area contributed by atoms with Gasteiger partial charge in [0.1, 0.15) is 18.1 Å². The van der Waals surface area contributed by atoms with Crippen LogP contribution in [0.1, 0.15) is 17.0 Å². The number of nitrogens with zero attached hydrogens (tertiary/aromatic N) is 2. The van der Waals surface area contributed by atoms with Crippen LogP contribution in [0.4, 0.5) is 0 Å². The van der Waals surface area contributed by atoms with Crippen molar-refractivity contribution < 1.29 is 9.15 Å². The summed E-state index contributed by atoms with van der Waals surface area (Å²) >= 11 is 0. The third-order valence-corrected chi connectivity index (χ3v) is 3.73. The summed E-state index contributed by atoms with van der Waals surface area (Å²) in [6, 6.07) is 17.5. The molecule has 0 saturated heterocycles. The number of nitrogens with one attached hydrogen (secondary N) is 2. The number of guanidine groups is 1. The minimum absolute atomic E-state index is 0. The van der Waals surface area contributed by atoms with Gasteiger partial charge in [0.15, 0.2) is 5.96 Å². The van der Waals surface area contributed by atoms with E-state index in [-0.39, 0.29) is 24.0 Å². The lowest BCUT2D eigenvalue weighted by Gasteiger charge is -2.11. The maximum atomic E-state index is 5.74. The Hall–Kier alpha value is -2.55. The normalized spacial score (nSPS) is 10.8. The number of rotatable bonds is 7. The van der Waals surface area contributed by atoms with E-state index in [0.717, 1.165) is 28.7 Å². The Morgan fingerprint density at radius 1 is 1.04 bits per heavy atom. The van der Waals surface area contributed by atoms with Gasteiger partial charge in [-0.2, -0.15) is 0 Å². The second kappa shape index (κ2) is 11.2. The second-order valence-electron chi connectivity index (χ2n) is 5.61. The monoisotopic (exact) mass is 478 g/mol. The number of aromatic nitrogens is 1. The molecule has 0 fully saturated rings. The lowest BCUT2D eigenvalue weighted by Crippen LogP contribution is -2.36. The molecule has 0 amide bonds. The van der Waals surface area contributed by atoms with Crippen molar-refractivity contribution in [1.82, 2.24) is 15.6 Å². The largest absolute Gasteiger partial charge is 0.487 e. The standard InChI is InChI=1S/C20H22N4O2.HI/c1-21-20(24-14-19-6-4-12-25-19)23-13-16-7-9-18(10-8-16)26-15-17-5-2-3-11-22-17;/h2-12H,13-15H2,1H3,(H2,21,23,24);1H. The smallest absolute Gasteiger partial charge is 0.191 e. The molecular weight excluding hydrogens is 455 g/mol. The zero-order chi connectivity index (χ0) is 18.0. The van der Waals surface area contributed by atoms with Crippen molar-refractivity contribution in [3.05, 3.63) is 84.1 Å². The van der Waals surface area contributed by atoms with Crippen LogP contribution in [-0.2, 0) is 19.7 Å². The van der Waals surface area contributed by atoms with Crippen molar-refractivity contribution in [2.24, 2.45) is 4.99 Å². The summed E-state index contributed by atoms with van der Waals surface area (Å²) in [6.45, 7) is 1.72. The highest BCUT2D eigenvalue weighted by Crippen LogP contribution is 2.13. The van der Waals surface area contributed by atoms with Gasteiger partial charge in [-0.1, -0.05) is 18.2 Å². The first kappa shape index (κ1) is 20.8. The number of hydrogen-bond acceptors (Lipinski definition) is 4. The van der Waals surface area contributed by atoms with Crippen LogP contribution in [0.15, 0.2) is 76.5 Å². The Morgan fingerprint density at radius 2 is 1.85 bits per heavy atom. The van der Waals surface area contributed by atoms with E-state index in [9.17, 15) is 0 Å². The maximum absolute atomic E-state index is 5.74. The Bertz CT molecular complexity index is 806. The molecule has 0 radical (unpaired) electrons. The van der Waals surface area contributed by atoms with Gasteiger partial charge in [-0.25, -0.2) is 0 Å². The van der Waals surface area contributed by atoms with Gasteiger partial charge in [0.2, 0.25) is 0 Å². The van der Waals surface area contributed by atoms with Crippen LogP contribution in [0.25, 0.3) is 0 Å². The fourth-order valence-electron chi connectivity index (χ4n) is 2.33. The Balaban J connectivity index is 0.00000261. The van der Waals surface area contributed by atoms with Crippen molar-refractivity contribution in [1.29, 1.82) is 0 Å². The zero-order valence-electron chi connectivity index (χ0n) is 15.1. The third kappa shape index (κ3) is 6.93. The molecule has 142 valence electrons. The zero-order valence-corrected chi connectivity index (χ0v) is 17.4. The number of pyridine rings is 1. The first-order valence-corrected chi connectivity index (χ1v) is 8.42. The summed E-state index contributed by atoms with van der Waals surface area (Å²) in [6.07, 6.45) is 3.42. The van der Waals surface area contributed by atoms with E-state index < -0.39 is 0 Å². The van der Waals surface area contributed by atoms with Gasteiger partial charge >= 0.3 is 0 Å². The SMILES string of the molecule is CN=C(NCc1ccc(OCc2ccccn2)cc1)NCc1ccco1.I. The lowest BCUT2D eigenvalue weighted by molar-refractivity contribution is 0.301. The molecule has 3 aromatic rings. The molecule has 0 bridgehead atoms. The molecule has 0 saturated carbocycles. The van der Waals surface area contributed by atoms with Crippen LogP contribution in [0, 0.1) is 0 Å². The summed E-state index contributed by atoms with van der Waals surface area (Å²) in [7, 11) is 1.74. The highest BCUT2D eigenvalue weighted by Gasteiger charge is 2.01. The van der Waals surface area contributed by atoms with E-state index in [2.05, 4.69) is 20.6 Å². The predicted octanol–water partition coefficient (Wildman–Crippen LogP) is 3.74. The van der Waals surface area contributed by atoms with Crippen LogP contribution in [-0.4, -0.2) is 18.0 Å². The average molecular weight is 478 g/mol. The minimum atomic E-state index is 0.